The summed E-state index contributed by atoms with van der Waals surface area (Å²) < 4.78 is 4.96. The minimum atomic E-state index is 0.732. The second-order valence-electron chi connectivity index (χ2n) is 3.90. The van der Waals surface area contributed by atoms with Gasteiger partial charge in [-0.3, -0.25) is 5.10 Å². The molecule has 0 spiro atoms. The highest BCUT2D eigenvalue weighted by molar-refractivity contribution is 7.14. The van der Waals surface area contributed by atoms with Crippen LogP contribution in [0.4, 0.5) is 0 Å². The number of aromatic nitrogens is 4. The monoisotopic (exact) mass is 267 g/mol. The third-order valence-electron chi connectivity index (χ3n) is 2.53. The molecule has 2 aromatic rings. The molecule has 18 heavy (non-hydrogen) atoms. The molecule has 0 aliphatic rings. The fourth-order valence-electron chi connectivity index (χ4n) is 1.52. The van der Waals surface area contributed by atoms with Crippen molar-refractivity contribution in [3.63, 3.8) is 0 Å². The van der Waals surface area contributed by atoms with Crippen LogP contribution in [0, 0.1) is 6.92 Å². The Balaban J connectivity index is 1.85. The third kappa shape index (κ3) is 3.34. The highest BCUT2D eigenvalue weighted by atomic mass is 32.1. The van der Waals surface area contributed by atoms with E-state index in [1.165, 1.54) is 0 Å². The lowest BCUT2D eigenvalue weighted by Crippen LogP contribution is -2.21. The summed E-state index contributed by atoms with van der Waals surface area (Å²) in [5.74, 6) is 0. The van der Waals surface area contributed by atoms with Crippen LogP contribution in [-0.4, -0.2) is 47.2 Å². The summed E-state index contributed by atoms with van der Waals surface area (Å²) in [6.45, 7) is 4.47. The molecule has 0 unspecified atom stereocenters. The van der Waals surface area contributed by atoms with Gasteiger partial charge in [-0.2, -0.15) is 5.10 Å². The van der Waals surface area contributed by atoms with Crippen LogP contribution < -0.4 is 5.32 Å². The Bertz CT molecular complexity index is 481. The molecule has 98 valence electrons. The molecule has 6 nitrogen and oxygen atoms in total. The van der Waals surface area contributed by atoms with E-state index < -0.39 is 0 Å². The Morgan fingerprint density at radius 3 is 3.00 bits per heavy atom. The van der Waals surface area contributed by atoms with Crippen molar-refractivity contribution in [2.75, 3.05) is 26.8 Å². The average molecular weight is 267 g/mol. The summed E-state index contributed by atoms with van der Waals surface area (Å²) >= 11 is 1.62. The molecule has 2 rings (SSSR count). The predicted molar refractivity (Wildman–Crippen MR) is 70.7 cm³/mol. The molecule has 2 aromatic heterocycles. The lowest BCUT2D eigenvalue weighted by Gasteiger charge is -2.00. The number of methoxy groups -OCH3 is 1. The van der Waals surface area contributed by atoms with Gasteiger partial charge in [0.2, 0.25) is 0 Å². The Labute approximate surface area is 110 Å². The molecule has 0 aliphatic carbocycles. The largest absolute Gasteiger partial charge is 0.383 e. The first-order valence-electron chi connectivity index (χ1n) is 5.83. The molecule has 0 atom stereocenters. The first kappa shape index (κ1) is 13.1. The summed E-state index contributed by atoms with van der Waals surface area (Å²) in [4.78, 5) is 0. The standard InChI is InChI=1S/C11H17N5OS/c1-8-9(7-13-14-8)11-16-15-10(18-11)3-4-12-5-6-17-2/h7,12H,3-6H2,1-2H3,(H,13,14). The lowest BCUT2D eigenvalue weighted by atomic mass is 10.3. The number of nitrogens with zero attached hydrogens (tertiary/aromatic N) is 3. The first-order valence-corrected chi connectivity index (χ1v) is 6.65. The molecule has 0 saturated carbocycles. The number of aromatic amines is 1. The third-order valence-corrected chi connectivity index (χ3v) is 3.54. The summed E-state index contributed by atoms with van der Waals surface area (Å²) in [6.07, 6.45) is 2.68. The molecule has 2 heterocycles. The first-order chi connectivity index (χ1) is 8.81. The van der Waals surface area contributed by atoms with E-state index >= 15 is 0 Å². The van der Waals surface area contributed by atoms with Crippen LogP contribution in [-0.2, 0) is 11.2 Å². The Morgan fingerprint density at radius 1 is 1.39 bits per heavy atom. The van der Waals surface area contributed by atoms with Crippen molar-refractivity contribution in [2.24, 2.45) is 0 Å². The van der Waals surface area contributed by atoms with Gasteiger partial charge in [-0.05, 0) is 6.92 Å². The van der Waals surface area contributed by atoms with Crippen LogP contribution in [0.25, 0.3) is 10.6 Å². The van der Waals surface area contributed by atoms with Crippen LogP contribution >= 0.6 is 11.3 Å². The van der Waals surface area contributed by atoms with E-state index in [9.17, 15) is 0 Å². The van der Waals surface area contributed by atoms with Crippen LogP contribution in [0.2, 0.25) is 0 Å². The maximum absolute atomic E-state index is 4.96. The van der Waals surface area contributed by atoms with Crippen molar-refractivity contribution in [2.45, 2.75) is 13.3 Å². The van der Waals surface area contributed by atoms with Crippen LogP contribution in [0.15, 0.2) is 6.20 Å². The Morgan fingerprint density at radius 2 is 2.28 bits per heavy atom. The van der Waals surface area contributed by atoms with Crippen LogP contribution in [0.3, 0.4) is 0 Å². The molecule has 0 aromatic carbocycles. The minimum absolute atomic E-state index is 0.732. The maximum atomic E-state index is 4.96. The van der Waals surface area contributed by atoms with Crippen LogP contribution in [0.5, 0.6) is 0 Å². The fraction of sp³-hybridized carbons (Fsp3) is 0.545. The van der Waals surface area contributed by atoms with Crippen LogP contribution in [0.1, 0.15) is 10.7 Å². The SMILES string of the molecule is COCCNCCc1nnc(-c2cn[nH]c2C)s1. The fourth-order valence-corrected chi connectivity index (χ4v) is 2.43. The number of hydrogen-bond donors (Lipinski definition) is 2. The quantitative estimate of drug-likeness (QED) is 0.732. The molecule has 0 fully saturated rings. The minimum Gasteiger partial charge on any atom is -0.383 e. The number of ether oxygens (including phenoxy) is 1. The van der Waals surface area contributed by atoms with E-state index in [2.05, 4.69) is 25.7 Å². The Kier molecular flexibility index (Phi) is 4.80. The predicted octanol–water partition coefficient (Wildman–Crippen LogP) is 1.02. The lowest BCUT2D eigenvalue weighted by molar-refractivity contribution is 0.199. The van der Waals surface area contributed by atoms with Gasteiger partial charge in [-0.15, -0.1) is 10.2 Å². The number of hydrogen-bond acceptors (Lipinski definition) is 6. The summed E-state index contributed by atoms with van der Waals surface area (Å²) in [6, 6.07) is 0. The zero-order chi connectivity index (χ0) is 12.8. The van der Waals surface area contributed by atoms with E-state index in [4.69, 9.17) is 4.74 Å². The summed E-state index contributed by atoms with van der Waals surface area (Å²) in [5, 5.41) is 20.5. The second kappa shape index (κ2) is 6.58. The van der Waals surface area contributed by atoms with Crippen molar-refractivity contribution < 1.29 is 4.74 Å². The van der Waals surface area contributed by atoms with Gasteiger partial charge < -0.3 is 10.1 Å². The van der Waals surface area contributed by atoms with Crippen molar-refractivity contribution in [3.8, 4) is 10.6 Å². The molecule has 0 radical (unpaired) electrons. The smallest absolute Gasteiger partial charge is 0.151 e. The van der Waals surface area contributed by atoms with Crippen molar-refractivity contribution in [1.29, 1.82) is 0 Å². The maximum Gasteiger partial charge on any atom is 0.151 e. The van der Waals surface area contributed by atoms with E-state index in [0.29, 0.717) is 0 Å². The number of rotatable bonds is 7. The molecular formula is C11H17N5OS. The van der Waals surface area contributed by atoms with Crippen molar-refractivity contribution in [3.05, 3.63) is 16.9 Å². The second-order valence-corrected chi connectivity index (χ2v) is 4.96. The molecule has 2 N–H and O–H groups in total. The van der Waals surface area contributed by atoms with Crippen molar-refractivity contribution in [1.82, 2.24) is 25.7 Å². The van der Waals surface area contributed by atoms with E-state index in [-0.39, 0.29) is 0 Å². The van der Waals surface area contributed by atoms with Gasteiger partial charge in [0.1, 0.15) is 5.01 Å². The van der Waals surface area contributed by atoms with Gasteiger partial charge in [0.25, 0.3) is 0 Å². The van der Waals surface area contributed by atoms with Gasteiger partial charge in [0.05, 0.1) is 18.4 Å². The van der Waals surface area contributed by atoms with E-state index in [1.54, 1.807) is 24.6 Å². The zero-order valence-corrected chi connectivity index (χ0v) is 11.4. The molecule has 0 aliphatic heterocycles. The summed E-state index contributed by atoms with van der Waals surface area (Å²) in [5.41, 5.74) is 2.06. The van der Waals surface area contributed by atoms with E-state index in [0.717, 1.165) is 47.4 Å². The number of nitrogens with one attached hydrogen (secondary N) is 2. The van der Waals surface area contributed by atoms with Gasteiger partial charge in [-0.25, -0.2) is 0 Å². The molecule has 0 bridgehead atoms. The highest BCUT2D eigenvalue weighted by Gasteiger charge is 2.10. The van der Waals surface area contributed by atoms with Gasteiger partial charge in [0, 0.05) is 32.3 Å². The van der Waals surface area contributed by atoms with Gasteiger partial charge in [0.15, 0.2) is 5.01 Å². The molecular weight excluding hydrogens is 250 g/mol. The normalized spacial score (nSPS) is 11.0. The molecule has 0 saturated heterocycles. The van der Waals surface area contributed by atoms with Gasteiger partial charge >= 0.3 is 0 Å². The van der Waals surface area contributed by atoms with E-state index in [1.807, 2.05) is 6.92 Å². The molecule has 0 amide bonds. The number of aryl methyl sites for hydroxylation is 1. The topological polar surface area (TPSA) is 75.7 Å². The molecule has 7 heteroatoms. The number of H-pyrrole nitrogens is 1. The Hall–Kier alpha value is -1.31. The average Bonchev–Trinajstić information content (AvgIpc) is 2.97. The summed E-state index contributed by atoms with van der Waals surface area (Å²) in [7, 11) is 1.70. The zero-order valence-electron chi connectivity index (χ0n) is 10.6. The highest BCUT2D eigenvalue weighted by Crippen LogP contribution is 2.24. The van der Waals surface area contributed by atoms with Crippen molar-refractivity contribution >= 4 is 11.3 Å². The van der Waals surface area contributed by atoms with Gasteiger partial charge in [-0.1, -0.05) is 11.3 Å².